The minimum Gasteiger partial charge on any atom is -0.297 e. The zero-order valence-electron chi connectivity index (χ0n) is 12.2. The van der Waals surface area contributed by atoms with Gasteiger partial charge in [0.25, 0.3) is 0 Å². The molecule has 4 nitrogen and oxygen atoms in total. The molecule has 0 aromatic heterocycles. The maximum Gasteiger partial charge on any atom is 0.218 e. The lowest BCUT2D eigenvalue weighted by Crippen LogP contribution is -2.56. The highest BCUT2D eigenvalue weighted by Crippen LogP contribution is 2.27. The van der Waals surface area contributed by atoms with Crippen molar-refractivity contribution in [2.75, 3.05) is 19.6 Å². The zero-order chi connectivity index (χ0) is 15.0. The standard InChI is InChI=1S/C15H21FN2O2S/c1-12-9-17-8-2-3-15(17)10-18(12)21(19,20)11-13-4-6-14(16)7-5-13/h4-7,12,15H,2-3,8-11H2,1H3/t12-,15+/m1/s1. The van der Waals surface area contributed by atoms with E-state index < -0.39 is 10.0 Å². The molecule has 2 heterocycles. The van der Waals surface area contributed by atoms with E-state index in [0.717, 1.165) is 25.9 Å². The normalized spacial score (nSPS) is 27.7. The van der Waals surface area contributed by atoms with Gasteiger partial charge in [-0.25, -0.2) is 12.8 Å². The van der Waals surface area contributed by atoms with Crippen molar-refractivity contribution in [3.8, 4) is 0 Å². The molecule has 0 saturated carbocycles. The van der Waals surface area contributed by atoms with Gasteiger partial charge in [0.2, 0.25) is 10.0 Å². The number of sulfonamides is 1. The molecule has 2 aliphatic heterocycles. The highest BCUT2D eigenvalue weighted by molar-refractivity contribution is 7.88. The molecule has 0 N–H and O–H groups in total. The van der Waals surface area contributed by atoms with Crippen LogP contribution >= 0.6 is 0 Å². The third-order valence-corrected chi connectivity index (χ3v) is 6.42. The van der Waals surface area contributed by atoms with Crippen molar-refractivity contribution >= 4 is 10.0 Å². The van der Waals surface area contributed by atoms with Crippen LogP contribution in [0.4, 0.5) is 4.39 Å². The third kappa shape index (κ3) is 3.12. The van der Waals surface area contributed by atoms with Gasteiger partial charge in [-0.3, -0.25) is 4.90 Å². The Balaban J connectivity index is 1.76. The zero-order valence-corrected chi connectivity index (χ0v) is 13.0. The van der Waals surface area contributed by atoms with E-state index >= 15 is 0 Å². The second kappa shape index (κ2) is 5.66. The summed E-state index contributed by atoms with van der Waals surface area (Å²) in [6, 6.07) is 6.08. The van der Waals surface area contributed by atoms with Crippen molar-refractivity contribution in [3.05, 3.63) is 35.6 Å². The van der Waals surface area contributed by atoms with Crippen LogP contribution in [0.3, 0.4) is 0 Å². The molecule has 116 valence electrons. The highest BCUT2D eigenvalue weighted by Gasteiger charge is 2.39. The molecule has 6 heteroatoms. The summed E-state index contributed by atoms with van der Waals surface area (Å²) in [4.78, 5) is 2.40. The number of benzene rings is 1. The average molecular weight is 312 g/mol. The van der Waals surface area contributed by atoms with Crippen LogP contribution in [0.25, 0.3) is 0 Å². The van der Waals surface area contributed by atoms with Gasteiger partial charge >= 0.3 is 0 Å². The van der Waals surface area contributed by atoms with E-state index in [-0.39, 0.29) is 17.6 Å². The van der Waals surface area contributed by atoms with Crippen LogP contribution in [0.5, 0.6) is 0 Å². The Morgan fingerprint density at radius 2 is 1.95 bits per heavy atom. The fourth-order valence-electron chi connectivity index (χ4n) is 3.42. The van der Waals surface area contributed by atoms with Crippen LogP contribution in [0, 0.1) is 5.82 Å². The van der Waals surface area contributed by atoms with Gasteiger partial charge in [0, 0.05) is 25.2 Å². The predicted octanol–water partition coefficient (Wildman–Crippen LogP) is 1.82. The first-order chi connectivity index (χ1) is 9.95. The molecule has 3 rings (SSSR count). The van der Waals surface area contributed by atoms with Crippen LogP contribution in [0.15, 0.2) is 24.3 Å². The Morgan fingerprint density at radius 1 is 1.24 bits per heavy atom. The quantitative estimate of drug-likeness (QED) is 0.855. The Kier molecular flexibility index (Phi) is 4.03. The first kappa shape index (κ1) is 14.9. The Bertz CT molecular complexity index is 603. The van der Waals surface area contributed by atoms with Gasteiger partial charge < -0.3 is 0 Å². The Morgan fingerprint density at radius 3 is 2.67 bits per heavy atom. The van der Waals surface area contributed by atoms with E-state index in [2.05, 4.69) is 4.90 Å². The van der Waals surface area contributed by atoms with E-state index in [1.54, 1.807) is 16.4 Å². The number of nitrogens with zero attached hydrogens (tertiary/aromatic N) is 2. The van der Waals surface area contributed by atoms with Crippen LogP contribution in [-0.4, -0.2) is 49.3 Å². The number of fused-ring (bicyclic) bond motifs is 1. The van der Waals surface area contributed by atoms with E-state index in [4.69, 9.17) is 0 Å². The summed E-state index contributed by atoms with van der Waals surface area (Å²) in [5.41, 5.74) is 0.637. The largest absolute Gasteiger partial charge is 0.297 e. The molecule has 2 fully saturated rings. The molecule has 2 atom stereocenters. The van der Waals surface area contributed by atoms with Crippen molar-refractivity contribution in [1.29, 1.82) is 0 Å². The molecule has 1 aromatic rings. The molecule has 0 spiro atoms. The second-order valence-corrected chi connectivity index (χ2v) is 8.01. The Labute approximate surface area is 125 Å². The fraction of sp³-hybridized carbons (Fsp3) is 0.600. The number of halogens is 1. The summed E-state index contributed by atoms with van der Waals surface area (Å²) in [6.45, 7) is 4.45. The first-order valence-corrected chi connectivity index (χ1v) is 9.04. The third-order valence-electron chi connectivity index (χ3n) is 4.50. The molecule has 0 radical (unpaired) electrons. The summed E-state index contributed by atoms with van der Waals surface area (Å²) in [5, 5.41) is 0. The molecule has 0 aliphatic carbocycles. The lowest BCUT2D eigenvalue weighted by molar-refractivity contribution is 0.117. The summed E-state index contributed by atoms with van der Waals surface area (Å²) >= 11 is 0. The van der Waals surface area contributed by atoms with Crippen molar-refractivity contribution in [2.24, 2.45) is 0 Å². The van der Waals surface area contributed by atoms with Gasteiger partial charge in [-0.15, -0.1) is 0 Å². The maximum atomic E-state index is 12.9. The monoisotopic (exact) mass is 312 g/mol. The van der Waals surface area contributed by atoms with Gasteiger partial charge in [0.15, 0.2) is 0 Å². The van der Waals surface area contributed by atoms with E-state index in [9.17, 15) is 12.8 Å². The van der Waals surface area contributed by atoms with E-state index in [0.29, 0.717) is 18.2 Å². The summed E-state index contributed by atoms with van der Waals surface area (Å²) in [6.07, 6.45) is 2.23. The number of rotatable bonds is 3. The van der Waals surface area contributed by atoms with Crippen LogP contribution in [0.2, 0.25) is 0 Å². The van der Waals surface area contributed by atoms with Crippen molar-refractivity contribution in [3.63, 3.8) is 0 Å². The number of piperazine rings is 1. The molecule has 2 aliphatic rings. The molecule has 2 saturated heterocycles. The topological polar surface area (TPSA) is 40.6 Å². The van der Waals surface area contributed by atoms with Crippen LogP contribution < -0.4 is 0 Å². The van der Waals surface area contributed by atoms with Gasteiger partial charge in [-0.2, -0.15) is 4.31 Å². The number of hydrogen-bond acceptors (Lipinski definition) is 3. The maximum absolute atomic E-state index is 12.9. The van der Waals surface area contributed by atoms with E-state index in [1.165, 1.54) is 12.1 Å². The van der Waals surface area contributed by atoms with Crippen molar-refractivity contribution < 1.29 is 12.8 Å². The van der Waals surface area contributed by atoms with Crippen LogP contribution in [-0.2, 0) is 15.8 Å². The highest BCUT2D eigenvalue weighted by atomic mass is 32.2. The van der Waals surface area contributed by atoms with E-state index in [1.807, 2.05) is 6.92 Å². The van der Waals surface area contributed by atoms with Gasteiger partial charge in [-0.1, -0.05) is 12.1 Å². The number of hydrogen-bond donors (Lipinski definition) is 0. The van der Waals surface area contributed by atoms with Crippen molar-refractivity contribution in [1.82, 2.24) is 9.21 Å². The van der Waals surface area contributed by atoms with Gasteiger partial charge in [0.1, 0.15) is 5.82 Å². The fourth-order valence-corrected chi connectivity index (χ4v) is 5.22. The SMILES string of the molecule is C[C@@H]1CN2CCC[C@H]2CN1S(=O)(=O)Cc1ccc(F)cc1. The lowest BCUT2D eigenvalue weighted by atomic mass is 10.1. The smallest absolute Gasteiger partial charge is 0.218 e. The van der Waals surface area contributed by atoms with Crippen molar-refractivity contribution in [2.45, 2.75) is 37.6 Å². The summed E-state index contributed by atoms with van der Waals surface area (Å²) < 4.78 is 39.9. The molecular formula is C15H21FN2O2S. The minimum atomic E-state index is -3.35. The molecule has 1 aromatic carbocycles. The molecule has 0 amide bonds. The summed E-state index contributed by atoms with van der Waals surface area (Å²) in [5.74, 6) is -0.395. The minimum absolute atomic E-state index is 0.00444. The molecular weight excluding hydrogens is 291 g/mol. The van der Waals surface area contributed by atoms with Crippen LogP contribution in [0.1, 0.15) is 25.3 Å². The summed E-state index contributed by atoms with van der Waals surface area (Å²) in [7, 11) is -3.35. The first-order valence-electron chi connectivity index (χ1n) is 7.44. The molecule has 0 bridgehead atoms. The molecule has 0 unspecified atom stereocenters. The van der Waals surface area contributed by atoms with Gasteiger partial charge in [-0.05, 0) is 44.0 Å². The average Bonchev–Trinajstić information content (AvgIpc) is 2.87. The molecule has 21 heavy (non-hydrogen) atoms. The second-order valence-electron chi connectivity index (χ2n) is 6.09. The van der Waals surface area contributed by atoms with Gasteiger partial charge in [0.05, 0.1) is 5.75 Å². The Hall–Kier alpha value is -0.980. The predicted molar refractivity (Wildman–Crippen MR) is 79.8 cm³/mol. The lowest BCUT2D eigenvalue weighted by Gasteiger charge is -2.41.